The summed E-state index contributed by atoms with van der Waals surface area (Å²) in [7, 11) is 1.95. The Morgan fingerprint density at radius 2 is 1.48 bits per heavy atom. The van der Waals surface area contributed by atoms with Crippen LogP contribution in [0.25, 0.3) is 0 Å². The molecule has 1 aliphatic carbocycles. The maximum atomic E-state index is 6.11. The molecule has 1 fully saturated rings. The fourth-order valence-corrected chi connectivity index (χ4v) is 4.65. The minimum Gasteiger partial charge on any atom is -0.378 e. The molecule has 0 spiro atoms. The van der Waals surface area contributed by atoms with Crippen molar-refractivity contribution in [3.05, 3.63) is 0 Å². The third-order valence-corrected chi connectivity index (χ3v) is 6.12. The van der Waals surface area contributed by atoms with Crippen molar-refractivity contribution in [3.8, 4) is 0 Å². The van der Waals surface area contributed by atoms with Crippen LogP contribution in [0, 0.1) is 11.8 Å². The quantitative estimate of drug-likeness (QED) is 0.362. The highest BCUT2D eigenvalue weighted by atomic mass is 16.5. The number of hydrogen-bond donors (Lipinski definition) is 0. The van der Waals surface area contributed by atoms with Crippen molar-refractivity contribution >= 4 is 0 Å². The van der Waals surface area contributed by atoms with Crippen LogP contribution >= 0.6 is 0 Å². The maximum absolute atomic E-state index is 6.11. The molecule has 0 aromatic carbocycles. The largest absolute Gasteiger partial charge is 0.378 e. The molecule has 1 nitrogen and oxygen atoms in total. The second-order valence-electron chi connectivity index (χ2n) is 7.18. The molecule has 0 heterocycles. The van der Waals surface area contributed by atoms with Crippen LogP contribution in [0.3, 0.4) is 0 Å². The van der Waals surface area contributed by atoms with Gasteiger partial charge in [-0.2, -0.15) is 0 Å². The predicted molar refractivity (Wildman–Crippen MR) is 93.8 cm³/mol. The van der Waals surface area contributed by atoms with Gasteiger partial charge in [-0.25, -0.2) is 0 Å². The highest BCUT2D eigenvalue weighted by Crippen LogP contribution is 2.44. The van der Waals surface area contributed by atoms with Gasteiger partial charge in [0.2, 0.25) is 0 Å². The highest BCUT2D eigenvalue weighted by molar-refractivity contribution is 4.91. The fraction of sp³-hybridized carbons (Fsp3) is 1.00. The lowest BCUT2D eigenvalue weighted by Crippen LogP contribution is -2.42. The topological polar surface area (TPSA) is 9.23 Å². The van der Waals surface area contributed by atoms with Crippen LogP contribution in [0.15, 0.2) is 0 Å². The van der Waals surface area contributed by atoms with Crippen LogP contribution in [-0.2, 0) is 4.74 Å². The van der Waals surface area contributed by atoms with Crippen molar-refractivity contribution in [2.24, 2.45) is 11.8 Å². The van der Waals surface area contributed by atoms with Gasteiger partial charge in [0.15, 0.2) is 0 Å². The molecule has 1 atom stereocenters. The monoisotopic (exact) mass is 296 g/mol. The van der Waals surface area contributed by atoms with E-state index >= 15 is 0 Å². The van der Waals surface area contributed by atoms with Crippen LogP contribution in [0.5, 0.6) is 0 Å². The normalized spacial score (nSPS) is 18.3. The van der Waals surface area contributed by atoms with Gasteiger partial charge in [-0.1, -0.05) is 85.0 Å². The molecular weight excluding hydrogens is 256 g/mol. The maximum Gasteiger partial charge on any atom is 0.0704 e. The van der Waals surface area contributed by atoms with Crippen molar-refractivity contribution in [2.45, 2.75) is 110 Å². The van der Waals surface area contributed by atoms with Crippen LogP contribution in [-0.4, -0.2) is 12.7 Å². The summed E-state index contributed by atoms with van der Waals surface area (Å²) in [6.07, 6.45) is 18.0. The zero-order valence-corrected chi connectivity index (χ0v) is 15.3. The average molecular weight is 297 g/mol. The minimum atomic E-state index is 0.151. The Balaban J connectivity index is 2.52. The molecular formula is C20H40O. The molecule has 1 saturated carbocycles. The summed E-state index contributed by atoms with van der Waals surface area (Å²) in [4.78, 5) is 0. The lowest BCUT2D eigenvalue weighted by Gasteiger charge is -2.42. The van der Waals surface area contributed by atoms with Gasteiger partial charge in [-0.3, -0.25) is 0 Å². The van der Waals surface area contributed by atoms with Crippen molar-refractivity contribution in [1.29, 1.82) is 0 Å². The standard InChI is InChI=1S/C20H40O/c1-5-8-9-10-11-12-17-19(18-15-13-14-16-18)20(6-2,7-3)21-4/h18-19H,5-17H2,1-4H3. The van der Waals surface area contributed by atoms with E-state index in [4.69, 9.17) is 4.74 Å². The molecule has 126 valence electrons. The Kier molecular flexibility index (Phi) is 9.64. The second-order valence-corrected chi connectivity index (χ2v) is 7.18. The van der Waals surface area contributed by atoms with Crippen molar-refractivity contribution < 1.29 is 4.74 Å². The first-order chi connectivity index (χ1) is 10.2. The molecule has 0 amide bonds. The third-order valence-electron chi connectivity index (χ3n) is 6.12. The number of unbranched alkanes of at least 4 members (excludes halogenated alkanes) is 5. The van der Waals surface area contributed by atoms with E-state index in [0.717, 1.165) is 11.8 Å². The molecule has 21 heavy (non-hydrogen) atoms. The molecule has 0 aliphatic heterocycles. The van der Waals surface area contributed by atoms with E-state index in [9.17, 15) is 0 Å². The third kappa shape index (κ3) is 5.58. The summed E-state index contributed by atoms with van der Waals surface area (Å²) in [5, 5.41) is 0. The van der Waals surface area contributed by atoms with Crippen LogP contribution in [0.4, 0.5) is 0 Å². The Hall–Kier alpha value is -0.0400. The Morgan fingerprint density at radius 1 is 0.905 bits per heavy atom. The highest BCUT2D eigenvalue weighted by Gasteiger charge is 2.40. The number of hydrogen-bond acceptors (Lipinski definition) is 1. The van der Waals surface area contributed by atoms with Gasteiger partial charge in [0, 0.05) is 7.11 Å². The SMILES string of the molecule is CCCCCCCCC(C1CCCC1)C(CC)(CC)OC. The molecule has 1 unspecified atom stereocenters. The smallest absolute Gasteiger partial charge is 0.0704 e. The first-order valence-corrected chi connectivity index (χ1v) is 9.79. The van der Waals surface area contributed by atoms with E-state index in [2.05, 4.69) is 20.8 Å². The van der Waals surface area contributed by atoms with Crippen LogP contribution < -0.4 is 0 Å². The Labute approximate surface area is 134 Å². The molecule has 0 N–H and O–H groups in total. The first kappa shape index (κ1) is 19.0. The van der Waals surface area contributed by atoms with Gasteiger partial charge in [0.25, 0.3) is 0 Å². The first-order valence-electron chi connectivity index (χ1n) is 9.79. The lowest BCUT2D eigenvalue weighted by atomic mass is 9.71. The van der Waals surface area contributed by atoms with E-state index in [1.807, 2.05) is 7.11 Å². The van der Waals surface area contributed by atoms with Crippen LogP contribution in [0.2, 0.25) is 0 Å². The van der Waals surface area contributed by atoms with Gasteiger partial charge in [-0.15, -0.1) is 0 Å². The van der Waals surface area contributed by atoms with E-state index in [1.165, 1.54) is 83.5 Å². The summed E-state index contributed by atoms with van der Waals surface area (Å²) in [6.45, 7) is 6.96. The summed E-state index contributed by atoms with van der Waals surface area (Å²) in [5.41, 5.74) is 0.151. The Bertz CT molecular complexity index is 230. The summed E-state index contributed by atoms with van der Waals surface area (Å²) in [6, 6.07) is 0. The number of rotatable bonds is 12. The molecule has 0 aromatic heterocycles. The summed E-state index contributed by atoms with van der Waals surface area (Å²) in [5.74, 6) is 1.73. The molecule has 0 saturated heterocycles. The van der Waals surface area contributed by atoms with Gasteiger partial charge in [-0.05, 0) is 31.1 Å². The summed E-state index contributed by atoms with van der Waals surface area (Å²) >= 11 is 0. The molecule has 1 heteroatoms. The zero-order chi connectivity index (χ0) is 15.6. The lowest BCUT2D eigenvalue weighted by molar-refractivity contribution is -0.0863. The van der Waals surface area contributed by atoms with Crippen LogP contribution in [0.1, 0.15) is 104 Å². The number of ether oxygens (including phenoxy) is 1. The molecule has 0 bridgehead atoms. The van der Waals surface area contributed by atoms with Crippen molar-refractivity contribution in [3.63, 3.8) is 0 Å². The van der Waals surface area contributed by atoms with Crippen molar-refractivity contribution in [2.75, 3.05) is 7.11 Å². The minimum absolute atomic E-state index is 0.151. The van der Waals surface area contributed by atoms with Crippen molar-refractivity contribution in [1.82, 2.24) is 0 Å². The molecule has 1 rings (SSSR count). The van der Waals surface area contributed by atoms with E-state index in [-0.39, 0.29) is 5.60 Å². The second kappa shape index (κ2) is 10.6. The molecule has 0 radical (unpaired) electrons. The van der Waals surface area contributed by atoms with E-state index < -0.39 is 0 Å². The van der Waals surface area contributed by atoms with Gasteiger partial charge < -0.3 is 4.74 Å². The van der Waals surface area contributed by atoms with Gasteiger partial charge in [0.1, 0.15) is 0 Å². The van der Waals surface area contributed by atoms with E-state index in [1.54, 1.807) is 0 Å². The molecule has 1 aliphatic rings. The average Bonchev–Trinajstić information content (AvgIpc) is 3.04. The predicted octanol–water partition coefficient (Wildman–Crippen LogP) is 6.75. The summed E-state index contributed by atoms with van der Waals surface area (Å²) < 4.78 is 6.11. The molecule has 0 aromatic rings. The zero-order valence-electron chi connectivity index (χ0n) is 15.3. The Morgan fingerprint density at radius 3 is 2.00 bits per heavy atom. The fourth-order valence-electron chi connectivity index (χ4n) is 4.65. The van der Waals surface area contributed by atoms with Gasteiger partial charge >= 0.3 is 0 Å². The van der Waals surface area contributed by atoms with Gasteiger partial charge in [0.05, 0.1) is 5.60 Å². The van der Waals surface area contributed by atoms with E-state index in [0.29, 0.717) is 0 Å². The number of methoxy groups -OCH3 is 1.